The van der Waals surface area contributed by atoms with Gasteiger partial charge in [0.05, 0.1) is 6.54 Å². The van der Waals surface area contributed by atoms with Gasteiger partial charge in [-0.3, -0.25) is 4.90 Å². The van der Waals surface area contributed by atoms with E-state index in [-0.39, 0.29) is 17.7 Å². The van der Waals surface area contributed by atoms with Crippen molar-refractivity contribution in [3.05, 3.63) is 17.7 Å². The maximum Gasteiger partial charge on any atom is 0.410 e. The van der Waals surface area contributed by atoms with Gasteiger partial charge in [-0.05, 0) is 20.8 Å². The number of hydrogen-bond donors (Lipinski definition) is 1. The lowest BCUT2D eigenvalue weighted by Gasteiger charge is -2.30. The van der Waals surface area contributed by atoms with Crippen LogP contribution < -0.4 is 0 Å². The van der Waals surface area contributed by atoms with Gasteiger partial charge >= 0.3 is 12.1 Å². The van der Waals surface area contributed by atoms with Crippen LogP contribution in [-0.2, 0) is 17.8 Å². The molecule has 0 unspecified atom stereocenters. The molecule has 0 bridgehead atoms. The van der Waals surface area contributed by atoms with Crippen molar-refractivity contribution in [3.63, 3.8) is 0 Å². The van der Waals surface area contributed by atoms with Crippen molar-refractivity contribution < 1.29 is 24.9 Å². The normalized spacial score (nSPS) is 14.2. The van der Waals surface area contributed by atoms with Crippen LogP contribution in [-0.4, -0.2) is 49.2 Å². The number of aromatic carboxylic acids is 1. The fraction of sp³-hybridized carbons (Fsp3) is 0.583. The van der Waals surface area contributed by atoms with Crippen LogP contribution in [0.15, 0.2) is 6.20 Å². The number of hydrogen-bond acceptors (Lipinski definition) is 4. The third kappa shape index (κ3) is 3.47. The molecule has 0 saturated heterocycles. The maximum absolute atomic E-state index is 11.9. The molecule has 2 rings (SSSR count). The molecular formula is C12H19N3O5. The van der Waals surface area contributed by atoms with Gasteiger partial charge in [0.15, 0.2) is 5.69 Å². The number of rotatable bonds is 1. The molecule has 112 valence electrons. The molecule has 1 aromatic rings. The Kier molecular flexibility index (Phi) is 4.39. The second kappa shape index (κ2) is 5.49. The SMILES string of the molecule is CC(C)(C)OC(=O)N1CCn2cc(C(=O)O)nc2C1.O. The third-order valence-electron chi connectivity index (χ3n) is 2.67. The van der Waals surface area contributed by atoms with Gasteiger partial charge in [-0.25, -0.2) is 14.6 Å². The zero-order valence-electron chi connectivity index (χ0n) is 11.7. The smallest absolute Gasteiger partial charge is 0.410 e. The topological polar surface area (TPSA) is 116 Å². The van der Waals surface area contributed by atoms with E-state index < -0.39 is 17.7 Å². The zero-order valence-corrected chi connectivity index (χ0v) is 11.7. The van der Waals surface area contributed by atoms with Gasteiger partial charge in [0.1, 0.15) is 11.4 Å². The summed E-state index contributed by atoms with van der Waals surface area (Å²) in [5, 5.41) is 8.88. The molecule has 1 aliphatic heterocycles. The largest absolute Gasteiger partial charge is 0.476 e. The van der Waals surface area contributed by atoms with Crippen LogP contribution in [0, 0.1) is 0 Å². The van der Waals surface area contributed by atoms with Crippen LogP contribution in [0.2, 0.25) is 0 Å². The lowest BCUT2D eigenvalue weighted by molar-refractivity contribution is 0.0195. The fourth-order valence-electron chi connectivity index (χ4n) is 1.84. The Morgan fingerprint density at radius 3 is 2.55 bits per heavy atom. The van der Waals surface area contributed by atoms with Gasteiger partial charge in [-0.2, -0.15) is 0 Å². The van der Waals surface area contributed by atoms with E-state index in [0.717, 1.165) is 0 Å². The van der Waals surface area contributed by atoms with Crippen LogP contribution in [0.25, 0.3) is 0 Å². The number of carbonyl (C=O) groups is 2. The van der Waals surface area contributed by atoms with E-state index in [2.05, 4.69) is 4.98 Å². The van der Waals surface area contributed by atoms with Crippen molar-refractivity contribution in [2.75, 3.05) is 6.54 Å². The number of nitrogens with zero attached hydrogens (tertiary/aromatic N) is 3. The predicted octanol–water partition coefficient (Wildman–Crippen LogP) is 0.507. The molecule has 0 radical (unpaired) electrons. The highest BCUT2D eigenvalue weighted by Crippen LogP contribution is 2.16. The van der Waals surface area contributed by atoms with E-state index in [4.69, 9.17) is 9.84 Å². The molecule has 0 aliphatic carbocycles. The first kappa shape index (κ1) is 16.0. The van der Waals surface area contributed by atoms with E-state index in [1.54, 1.807) is 25.3 Å². The summed E-state index contributed by atoms with van der Waals surface area (Å²) in [7, 11) is 0. The van der Waals surface area contributed by atoms with Gasteiger partial charge in [-0.15, -0.1) is 0 Å². The molecular weight excluding hydrogens is 266 g/mol. The minimum absolute atomic E-state index is 0. The van der Waals surface area contributed by atoms with Gasteiger partial charge in [0.2, 0.25) is 0 Å². The van der Waals surface area contributed by atoms with Gasteiger partial charge < -0.3 is 19.9 Å². The molecule has 1 aromatic heterocycles. The fourth-order valence-corrected chi connectivity index (χ4v) is 1.84. The van der Waals surface area contributed by atoms with Crippen LogP contribution in [0.4, 0.5) is 4.79 Å². The maximum atomic E-state index is 11.9. The predicted molar refractivity (Wildman–Crippen MR) is 69.4 cm³/mol. The first-order valence-electron chi connectivity index (χ1n) is 6.03. The Balaban J connectivity index is 0.00000200. The number of carboxylic acid groups (broad SMARTS) is 1. The van der Waals surface area contributed by atoms with Crippen molar-refractivity contribution >= 4 is 12.1 Å². The minimum Gasteiger partial charge on any atom is -0.476 e. The van der Waals surface area contributed by atoms with Crippen LogP contribution in [0.5, 0.6) is 0 Å². The highest BCUT2D eigenvalue weighted by Gasteiger charge is 2.27. The minimum atomic E-state index is -1.06. The first-order valence-corrected chi connectivity index (χ1v) is 6.03. The molecule has 0 atom stereocenters. The number of ether oxygens (including phenoxy) is 1. The van der Waals surface area contributed by atoms with E-state index in [1.807, 2.05) is 0 Å². The molecule has 0 saturated carbocycles. The second-order valence-corrected chi connectivity index (χ2v) is 5.44. The summed E-state index contributed by atoms with van der Waals surface area (Å²) in [5.74, 6) is -0.500. The number of aromatic nitrogens is 2. The van der Waals surface area contributed by atoms with Crippen molar-refractivity contribution in [1.29, 1.82) is 0 Å². The summed E-state index contributed by atoms with van der Waals surface area (Å²) in [6.45, 7) is 6.68. The highest BCUT2D eigenvalue weighted by molar-refractivity contribution is 5.85. The Morgan fingerprint density at radius 2 is 2.00 bits per heavy atom. The summed E-state index contributed by atoms with van der Waals surface area (Å²) in [6, 6.07) is 0. The number of carbonyl (C=O) groups excluding carboxylic acids is 1. The van der Waals surface area contributed by atoms with E-state index >= 15 is 0 Å². The van der Waals surface area contributed by atoms with E-state index in [9.17, 15) is 9.59 Å². The van der Waals surface area contributed by atoms with Crippen LogP contribution in [0.1, 0.15) is 37.1 Å². The molecule has 1 aliphatic rings. The highest BCUT2D eigenvalue weighted by atomic mass is 16.6. The molecule has 8 heteroatoms. The Morgan fingerprint density at radius 1 is 1.35 bits per heavy atom. The Hall–Kier alpha value is -2.09. The molecule has 1 amide bonds. The van der Waals surface area contributed by atoms with E-state index in [0.29, 0.717) is 18.9 Å². The summed E-state index contributed by atoms with van der Waals surface area (Å²) in [5.41, 5.74) is -0.544. The summed E-state index contributed by atoms with van der Waals surface area (Å²) >= 11 is 0. The quantitative estimate of drug-likeness (QED) is 0.806. The van der Waals surface area contributed by atoms with Crippen molar-refractivity contribution in [3.8, 4) is 0 Å². The number of imidazole rings is 1. The Bertz CT molecular complexity index is 518. The average molecular weight is 285 g/mol. The molecule has 0 aromatic carbocycles. The number of amides is 1. The standard InChI is InChI=1S/C12H17N3O4.H2O/c1-12(2,3)19-11(18)15-5-4-14-6-8(10(16)17)13-9(14)7-15;/h6H,4-5,7H2,1-3H3,(H,16,17);1H2. The molecule has 8 nitrogen and oxygen atoms in total. The number of carboxylic acids is 1. The van der Waals surface area contributed by atoms with Gasteiger partial charge in [-0.1, -0.05) is 0 Å². The summed E-state index contributed by atoms with van der Waals surface area (Å²) in [6.07, 6.45) is 1.09. The van der Waals surface area contributed by atoms with Gasteiger partial charge in [0.25, 0.3) is 0 Å². The number of fused-ring (bicyclic) bond motifs is 1. The van der Waals surface area contributed by atoms with Crippen LogP contribution >= 0.6 is 0 Å². The Labute approximate surface area is 116 Å². The average Bonchev–Trinajstić information content (AvgIpc) is 2.69. The first-order chi connectivity index (χ1) is 8.76. The third-order valence-corrected chi connectivity index (χ3v) is 2.67. The van der Waals surface area contributed by atoms with Crippen molar-refractivity contribution in [2.45, 2.75) is 39.5 Å². The summed E-state index contributed by atoms with van der Waals surface area (Å²) in [4.78, 5) is 28.3. The van der Waals surface area contributed by atoms with Gasteiger partial charge in [0, 0.05) is 19.3 Å². The molecule has 0 spiro atoms. The zero-order chi connectivity index (χ0) is 14.2. The monoisotopic (exact) mass is 285 g/mol. The summed E-state index contributed by atoms with van der Waals surface area (Å²) < 4.78 is 7.03. The molecule has 20 heavy (non-hydrogen) atoms. The van der Waals surface area contributed by atoms with Crippen molar-refractivity contribution in [2.24, 2.45) is 0 Å². The molecule has 0 fully saturated rings. The van der Waals surface area contributed by atoms with E-state index in [1.165, 1.54) is 11.1 Å². The lowest BCUT2D eigenvalue weighted by atomic mass is 10.2. The van der Waals surface area contributed by atoms with Crippen LogP contribution in [0.3, 0.4) is 0 Å². The lowest BCUT2D eigenvalue weighted by Crippen LogP contribution is -2.41. The second-order valence-electron chi connectivity index (χ2n) is 5.44. The van der Waals surface area contributed by atoms with Crippen molar-refractivity contribution in [1.82, 2.24) is 14.5 Å². The molecule has 2 heterocycles. The molecule has 3 N–H and O–H groups in total.